The number of hydrazone groups is 1. The van der Waals surface area contributed by atoms with Crippen LogP contribution in [0.15, 0.2) is 71.8 Å². The number of nitrogens with zero attached hydrogens (tertiary/aromatic N) is 1. The van der Waals surface area contributed by atoms with Gasteiger partial charge in [0.2, 0.25) is 0 Å². The van der Waals surface area contributed by atoms with Crippen molar-refractivity contribution in [3.8, 4) is 5.75 Å². The Balaban J connectivity index is 1.34. The Kier molecular flexibility index (Phi) is 5.57. The molecule has 0 fully saturated rings. The lowest BCUT2D eigenvalue weighted by Crippen LogP contribution is -2.18. The third kappa shape index (κ3) is 4.55. The quantitative estimate of drug-likeness (QED) is 0.504. The van der Waals surface area contributed by atoms with Gasteiger partial charge in [-0.2, -0.15) is 5.10 Å². The lowest BCUT2D eigenvalue weighted by atomic mass is 10.1. The fraction of sp³-hybridized carbons (Fsp3) is 0.125. The molecule has 4 rings (SSSR count). The van der Waals surface area contributed by atoms with E-state index in [2.05, 4.69) is 15.8 Å². The van der Waals surface area contributed by atoms with Crippen LogP contribution in [0.2, 0.25) is 0 Å². The number of fused-ring (bicyclic) bond motifs is 1. The molecule has 0 spiro atoms. The second-order valence-electron chi connectivity index (χ2n) is 7.07. The number of hydrogen-bond acceptors (Lipinski definition) is 4. The number of rotatable bonds is 5. The predicted octanol–water partition coefficient (Wildman–Crippen LogP) is 3.95. The number of amides is 2. The third-order valence-electron chi connectivity index (χ3n) is 4.79. The van der Waals surface area contributed by atoms with Crippen LogP contribution in [0.25, 0.3) is 0 Å². The first-order chi connectivity index (χ1) is 14.6. The second kappa shape index (κ2) is 8.61. The largest absolute Gasteiger partial charge is 0.493 e. The topological polar surface area (TPSA) is 79.8 Å². The molecule has 0 aliphatic carbocycles. The van der Waals surface area contributed by atoms with E-state index in [1.165, 1.54) is 5.56 Å². The van der Waals surface area contributed by atoms with Gasteiger partial charge in [-0.15, -0.1) is 0 Å². The van der Waals surface area contributed by atoms with Crippen LogP contribution in [-0.4, -0.2) is 24.6 Å². The molecule has 0 aromatic heterocycles. The monoisotopic (exact) mass is 399 g/mol. The molecule has 0 saturated heterocycles. The summed E-state index contributed by atoms with van der Waals surface area (Å²) in [5.41, 5.74) is 7.20. The van der Waals surface area contributed by atoms with Gasteiger partial charge in [0.05, 0.1) is 12.8 Å². The molecular formula is C24H21N3O3. The number of hydrogen-bond donors (Lipinski definition) is 2. The van der Waals surface area contributed by atoms with Crippen molar-refractivity contribution >= 4 is 23.7 Å². The maximum Gasteiger partial charge on any atom is 0.271 e. The predicted molar refractivity (Wildman–Crippen MR) is 116 cm³/mol. The van der Waals surface area contributed by atoms with E-state index < -0.39 is 0 Å². The van der Waals surface area contributed by atoms with Crippen LogP contribution >= 0.6 is 0 Å². The van der Waals surface area contributed by atoms with Crippen LogP contribution in [-0.2, 0) is 6.42 Å². The maximum absolute atomic E-state index is 12.3. The first-order valence-corrected chi connectivity index (χ1v) is 9.66. The molecule has 1 heterocycles. The summed E-state index contributed by atoms with van der Waals surface area (Å²) in [6, 6.07) is 19.9. The van der Waals surface area contributed by atoms with Gasteiger partial charge >= 0.3 is 0 Å². The molecule has 0 radical (unpaired) electrons. The van der Waals surface area contributed by atoms with Crippen LogP contribution in [0.5, 0.6) is 5.75 Å². The van der Waals surface area contributed by atoms with Crippen molar-refractivity contribution < 1.29 is 14.3 Å². The molecule has 0 saturated carbocycles. The molecule has 1 aliphatic heterocycles. The molecule has 3 aromatic carbocycles. The molecule has 0 bridgehead atoms. The molecule has 2 N–H and O–H groups in total. The van der Waals surface area contributed by atoms with E-state index in [-0.39, 0.29) is 11.8 Å². The van der Waals surface area contributed by atoms with Crippen molar-refractivity contribution in [1.82, 2.24) is 5.43 Å². The number of carbonyl (C=O) groups excluding carboxylic acids is 2. The van der Waals surface area contributed by atoms with Gasteiger partial charge in [0.1, 0.15) is 5.75 Å². The summed E-state index contributed by atoms with van der Waals surface area (Å²) in [5, 5.41) is 6.84. The van der Waals surface area contributed by atoms with Crippen LogP contribution in [0.3, 0.4) is 0 Å². The van der Waals surface area contributed by atoms with E-state index in [0.29, 0.717) is 23.4 Å². The molecule has 6 nitrogen and oxygen atoms in total. The molecule has 150 valence electrons. The van der Waals surface area contributed by atoms with Gasteiger partial charge in [-0.1, -0.05) is 29.8 Å². The summed E-state index contributed by atoms with van der Waals surface area (Å²) < 4.78 is 5.53. The van der Waals surface area contributed by atoms with Crippen LogP contribution in [0.1, 0.15) is 37.4 Å². The minimum Gasteiger partial charge on any atom is -0.493 e. The highest BCUT2D eigenvalue weighted by Gasteiger charge is 2.11. The van der Waals surface area contributed by atoms with E-state index in [4.69, 9.17) is 4.74 Å². The van der Waals surface area contributed by atoms with E-state index in [0.717, 1.165) is 23.3 Å². The summed E-state index contributed by atoms with van der Waals surface area (Å²) in [5.74, 6) is 0.340. The average Bonchev–Trinajstić information content (AvgIpc) is 3.22. The highest BCUT2D eigenvalue weighted by Crippen LogP contribution is 2.25. The molecular weight excluding hydrogens is 378 g/mol. The van der Waals surface area contributed by atoms with Crippen LogP contribution in [0, 0.1) is 6.92 Å². The number of benzene rings is 3. The van der Waals surface area contributed by atoms with Gasteiger partial charge in [0.15, 0.2) is 0 Å². The summed E-state index contributed by atoms with van der Waals surface area (Å²) in [7, 11) is 0. The van der Waals surface area contributed by atoms with Crippen molar-refractivity contribution in [1.29, 1.82) is 0 Å². The molecule has 6 heteroatoms. The molecule has 3 aromatic rings. The van der Waals surface area contributed by atoms with Crippen molar-refractivity contribution in [3.63, 3.8) is 0 Å². The smallest absolute Gasteiger partial charge is 0.271 e. The van der Waals surface area contributed by atoms with Gasteiger partial charge < -0.3 is 10.1 Å². The fourth-order valence-electron chi connectivity index (χ4n) is 3.19. The molecule has 0 atom stereocenters. The Morgan fingerprint density at radius 2 is 1.80 bits per heavy atom. The van der Waals surface area contributed by atoms with Crippen molar-refractivity contribution in [3.05, 3.63) is 94.5 Å². The first-order valence-electron chi connectivity index (χ1n) is 9.66. The van der Waals surface area contributed by atoms with Crippen molar-refractivity contribution in [2.24, 2.45) is 5.10 Å². The van der Waals surface area contributed by atoms with Crippen LogP contribution in [0.4, 0.5) is 5.69 Å². The number of ether oxygens (including phenoxy) is 1. The number of carbonyl (C=O) groups is 2. The third-order valence-corrected chi connectivity index (χ3v) is 4.79. The molecule has 1 aliphatic rings. The van der Waals surface area contributed by atoms with Gasteiger partial charge in [-0.25, -0.2) is 5.43 Å². The summed E-state index contributed by atoms with van der Waals surface area (Å²) in [6.45, 7) is 2.64. The zero-order valence-corrected chi connectivity index (χ0v) is 16.5. The normalized spacial score (nSPS) is 12.3. The van der Waals surface area contributed by atoms with Crippen molar-refractivity contribution in [2.75, 3.05) is 11.9 Å². The Hall–Kier alpha value is -3.93. The maximum atomic E-state index is 12.3. The van der Waals surface area contributed by atoms with E-state index >= 15 is 0 Å². The minimum absolute atomic E-state index is 0.196. The Morgan fingerprint density at radius 3 is 2.60 bits per heavy atom. The fourth-order valence-corrected chi connectivity index (χ4v) is 3.19. The number of aryl methyl sites for hydroxylation is 1. The average molecular weight is 399 g/mol. The summed E-state index contributed by atoms with van der Waals surface area (Å²) >= 11 is 0. The van der Waals surface area contributed by atoms with Gasteiger partial charge in [-0.05, 0) is 60.5 Å². The van der Waals surface area contributed by atoms with E-state index in [1.807, 2.05) is 43.3 Å². The standard InChI is InChI=1S/C24H21N3O3/c1-16-3-2-4-20(13-16)23(28)26-21-9-7-19(8-10-21)24(29)27-25-15-17-5-6-18-11-12-30-22(18)14-17/h2-10,13-15H,11-12H2,1H3,(H,26,28)(H,27,29)/b25-15+. The van der Waals surface area contributed by atoms with Crippen molar-refractivity contribution in [2.45, 2.75) is 13.3 Å². The molecule has 0 unspecified atom stereocenters. The summed E-state index contributed by atoms with van der Waals surface area (Å²) in [6.07, 6.45) is 2.50. The highest BCUT2D eigenvalue weighted by molar-refractivity contribution is 6.04. The van der Waals surface area contributed by atoms with Gasteiger partial charge in [0.25, 0.3) is 11.8 Å². The first kappa shape index (κ1) is 19.4. The Labute approximate surface area is 174 Å². The highest BCUT2D eigenvalue weighted by atomic mass is 16.5. The Morgan fingerprint density at radius 1 is 0.967 bits per heavy atom. The summed E-state index contributed by atoms with van der Waals surface area (Å²) in [4.78, 5) is 24.6. The molecule has 2 amide bonds. The number of anilines is 1. The lowest BCUT2D eigenvalue weighted by Gasteiger charge is -2.07. The van der Waals surface area contributed by atoms with Gasteiger partial charge in [0, 0.05) is 23.2 Å². The Bertz CT molecular complexity index is 1120. The zero-order chi connectivity index (χ0) is 20.9. The zero-order valence-electron chi connectivity index (χ0n) is 16.5. The van der Waals surface area contributed by atoms with Crippen LogP contribution < -0.4 is 15.5 Å². The van der Waals surface area contributed by atoms with Gasteiger partial charge in [-0.3, -0.25) is 9.59 Å². The number of nitrogens with one attached hydrogen (secondary N) is 2. The lowest BCUT2D eigenvalue weighted by molar-refractivity contribution is 0.0954. The van der Waals surface area contributed by atoms with E-state index in [1.54, 1.807) is 36.5 Å². The second-order valence-corrected chi connectivity index (χ2v) is 7.07. The minimum atomic E-state index is -0.333. The molecule has 30 heavy (non-hydrogen) atoms. The SMILES string of the molecule is Cc1cccc(C(=O)Nc2ccc(C(=O)N/N=C/c3ccc4c(c3)OCC4)cc2)c1. The van der Waals surface area contributed by atoms with E-state index in [9.17, 15) is 9.59 Å².